The average Bonchev–Trinajstić information content (AvgIpc) is 2.39. The van der Waals surface area contributed by atoms with Gasteiger partial charge in [-0.1, -0.05) is 0 Å². The first-order valence-corrected chi connectivity index (χ1v) is 5.73. The zero-order valence-electron chi connectivity index (χ0n) is 9.83. The predicted octanol–water partition coefficient (Wildman–Crippen LogP) is -0.188. The van der Waals surface area contributed by atoms with Crippen LogP contribution in [0.3, 0.4) is 0 Å². The summed E-state index contributed by atoms with van der Waals surface area (Å²) in [6, 6.07) is 4.97. The highest BCUT2D eigenvalue weighted by molar-refractivity contribution is 5.74. The minimum absolute atomic E-state index is 0.356. The van der Waals surface area contributed by atoms with Gasteiger partial charge in [0, 0.05) is 32.4 Å². The first-order valence-electron chi connectivity index (χ1n) is 5.73. The molecule has 1 aromatic rings. The predicted molar refractivity (Wildman–Crippen MR) is 63.7 cm³/mol. The molecule has 0 aliphatic carbocycles. The van der Waals surface area contributed by atoms with Gasteiger partial charge in [0.05, 0.1) is 0 Å². The molecule has 0 aromatic carbocycles. The number of pyridine rings is 1. The Balaban J connectivity index is 2.11. The standard InChI is InChI=1S/C12H14N4O2/c13-6-10-5-9(1-2-15-10)8-16-4-3-14-7-11(16)12(17)18/h1-2,5,11,14H,3-4,7-8H2,(H,17,18). The number of nitrogens with one attached hydrogen (secondary N) is 1. The molecule has 0 spiro atoms. The van der Waals surface area contributed by atoms with E-state index >= 15 is 0 Å². The largest absolute Gasteiger partial charge is 0.480 e. The topological polar surface area (TPSA) is 89.2 Å². The summed E-state index contributed by atoms with van der Waals surface area (Å²) in [4.78, 5) is 16.9. The van der Waals surface area contributed by atoms with E-state index in [4.69, 9.17) is 10.4 Å². The van der Waals surface area contributed by atoms with Crippen molar-refractivity contribution in [3.8, 4) is 6.07 Å². The summed E-state index contributed by atoms with van der Waals surface area (Å²) in [6.07, 6.45) is 1.58. The second-order valence-corrected chi connectivity index (χ2v) is 4.19. The zero-order chi connectivity index (χ0) is 13.0. The lowest BCUT2D eigenvalue weighted by molar-refractivity contribution is -0.144. The second-order valence-electron chi connectivity index (χ2n) is 4.19. The first kappa shape index (κ1) is 12.5. The molecule has 18 heavy (non-hydrogen) atoms. The third-order valence-electron chi connectivity index (χ3n) is 2.96. The first-order chi connectivity index (χ1) is 8.70. The monoisotopic (exact) mass is 246 g/mol. The van der Waals surface area contributed by atoms with Crippen LogP contribution in [0.4, 0.5) is 0 Å². The summed E-state index contributed by atoms with van der Waals surface area (Å²) in [6.45, 7) is 2.43. The third kappa shape index (κ3) is 2.83. The molecule has 1 saturated heterocycles. The van der Waals surface area contributed by atoms with Gasteiger partial charge in [0.15, 0.2) is 0 Å². The van der Waals surface area contributed by atoms with Crippen molar-refractivity contribution in [1.29, 1.82) is 5.26 Å². The van der Waals surface area contributed by atoms with Crippen LogP contribution in [-0.2, 0) is 11.3 Å². The Hall–Kier alpha value is -1.97. The Morgan fingerprint density at radius 1 is 1.72 bits per heavy atom. The van der Waals surface area contributed by atoms with Crippen LogP contribution < -0.4 is 5.32 Å². The number of carbonyl (C=O) groups is 1. The molecule has 0 amide bonds. The van der Waals surface area contributed by atoms with Crippen LogP contribution in [0.2, 0.25) is 0 Å². The molecule has 1 aromatic heterocycles. The summed E-state index contributed by atoms with van der Waals surface area (Å²) < 4.78 is 0. The molecular weight excluding hydrogens is 232 g/mol. The van der Waals surface area contributed by atoms with Crippen molar-refractivity contribution in [2.24, 2.45) is 0 Å². The molecular formula is C12H14N4O2. The van der Waals surface area contributed by atoms with E-state index in [9.17, 15) is 4.79 Å². The number of aromatic nitrogens is 1. The number of carboxylic acids is 1. The Morgan fingerprint density at radius 2 is 2.56 bits per heavy atom. The molecule has 1 aliphatic rings. The van der Waals surface area contributed by atoms with E-state index in [1.165, 1.54) is 0 Å². The maximum absolute atomic E-state index is 11.1. The van der Waals surface area contributed by atoms with Crippen LogP contribution in [0.25, 0.3) is 0 Å². The number of carboxylic acid groups (broad SMARTS) is 1. The maximum Gasteiger partial charge on any atom is 0.322 e. The fourth-order valence-corrected chi connectivity index (χ4v) is 2.05. The highest BCUT2D eigenvalue weighted by atomic mass is 16.4. The van der Waals surface area contributed by atoms with Crippen molar-refractivity contribution in [3.63, 3.8) is 0 Å². The fourth-order valence-electron chi connectivity index (χ4n) is 2.05. The third-order valence-corrected chi connectivity index (χ3v) is 2.96. The van der Waals surface area contributed by atoms with Crippen molar-refractivity contribution < 1.29 is 9.90 Å². The molecule has 1 aliphatic heterocycles. The van der Waals surface area contributed by atoms with Gasteiger partial charge in [-0.15, -0.1) is 0 Å². The van der Waals surface area contributed by atoms with E-state index < -0.39 is 12.0 Å². The molecule has 2 N–H and O–H groups in total. The van der Waals surface area contributed by atoms with Gasteiger partial charge < -0.3 is 10.4 Å². The molecule has 0 radical (unpaired) electrons. The quantitative estimate of drug-likeness (QED) is 0.768. The molecule has 0 bridgehead atoms. The Bertz CT molecular complexity index is 483. The average molecular weight is 246 g/mol. The number of piperazine rings is 1. The Kier molecular flexibility index (Phi) is 3.87. The van der Waals surface area contributed by atoms with Gasteiger partial charge in [-0.05, 0) is 17.7 Å². The summed E-state index contributed by atoms with van der Waals surface area (Å²) >= 11 is 0. The van der Waals surface area contributed by atoms with E-state index in [1.54, 1.807) is 12.3 Å². The highest BCUT2D eigenvalue weighted by Crippen LogP contribution is 2.11. The number of hydrogen-bond acceptors (Lipinski definition) is 5. The normalized spacial score (nSPS) is 20.3. The zero-order valence-corrected chi connectivity index (χ0v) is 9.83. The second kappa shape index (κ2) is 5.58. The maximum atomic E-state index is 11.1. The number of aliphatic carboxylic acids is 1. The summed E-state index contributed by atoms with van der Waals surface area (Å²) in [5.41, 5.74) is 1.27. The molecule has 1 atom stereocenters. The van der Waals surface area contributed by atoms with Crippen molar-refractivity contribution in [1.82, 2.24) is 15.2 Å². The highest BCUT2D eigenvalue weighted by Gasteiger charge is 2.28. The van der Waals surface area contributed by atoms with Gasteiger partial charge >= 0.3 is 5.97 Å². The van der Waals surface area contributed by atoms with E-state index in [0.29, 0.717) is 25.3 Å². The van der Waals surface area contributed by atoms with E-state index in [2.05, 4.69) is 10.3 Å². The lowest BCUT2D eigenvalue weighted by Gasteiger charge is -2.33. The smallest absolute Gasteiger partial charge is 0.322 e. The Morgan fingerprint density at radius 3 is 3.28 bits per heavy atom. The lowest BCUT2D eigenvalue weighted by Crippen LogP contribution is -2.54. The van der Waals surface area contributed by atoms with E-state index in [0.717, 1.165) is 12.1 Å². The molecule has 1 fully saturated rings. The molecule has 0 saturated carbocycles. The molecule has 6 nitrogen and oxygen atoms in total. The van der Waals surface area contributed by atoms with Gasteiger partial charge in [-0.2, -0.15) is 5.26 Å². The van der Waals surface area contributed by atoms with Crippen molar-refractivity contribution in [2.75, 3.05) is 19.6 Å². The van der Waals surface area contributed by atoms with Crippen LogP contribution in [0.5, 0.6) is 0 Å². The van der Waals surface area contributed by atoms with Gasteiger partial charge in [0.25, 0.3) is 0 Å². The van der Waals surface area contributed by atoms with E-state index in [1.807, 2.05) is 17.0 Å². The number of rotatable bonds is 3. The van der Waals surface area contributed by atoms with Crippen LogP contribution in [0.1, 0.15) is 11.3 Å². The summed E-state index contributed by atoms with van der Waals surface area (Å²) in [5.74, 6) is -0.822. The van der Waals surface area contributed by atoms with E-state index in [-0.39, 0.29) is 0 Å². The van der Waals surface area contributed by atoms with Crippen molar-refractivity contribution >= 4 is 5.97 Å². The Labute approximate surface area is 105 Å². The number of nitrogens with zero attached hydrogens (tertiary/aromatic N) is 3. The number of hydrogen-bond donors (Lipinski definition) is 2. The summed E-state index contributed by atoms with van der Waals surface area (Å²) in [7, 11) is 0. The fraction of sp³-hybridized carbons (Fsp3) is 0.417. The van der Waals surface area contributed by atoms with Gasteiger partial charge in [0.2, 0.25) is 0 Å². The minimum atomic E-state index is -0.822. The van der Waals surface area contributed by atoms with Crippen LogP contribution >= 0.6 is 0 Å². The summed E-state index contributed by atoms with van der Waals surface area (Å²) in [5, 5.41) is 21.0. The molecule has 2 rings (SSSR count). The van der Waals surface area contributed by atoms with Crippen LogP contribution in [-0.4, -0.2) is 46.6 Å². The lowest BCUT2D eigenvalue weighted by atomic mass is 10.1. The molecule has 2 heterocycles. The van der Waals surface area contributed by atoms with Gasteiger partial charge in [0.1, 0.15) is 17.8 Å². The van der Waals surface area contributed by atoms with Crippen molar-refractivity contribution in [3.05, 3.63) is 29.6 Å². The van der Waals surface area contributed by atoms with Gasteiger partial charge in [-0.25, -0.2) is 4.98 Å². The van der Waals surface area contributed by atoms with Gasteiger partial charge in [-0.3, -0.25) is 9.69 Å². The number of nitriles is 1. The SMILES string of the molecule is N#Cc1cc(CN2CCNCC2C(=O)O)ccn1. The van der Waals surface area contributed by atoms with Crippen molar-refractivity contribution in [2.45, 2.75) is 12.6 Å². The molecule has 94 valence electrons. The van der Waals surface area contributed by atoms with Crippen LogP contribution in [0.15, 0.2) is 18.3 Å². The minimum Gasteiger partial charge on any atom is -0.480 e. The molecule has 1 unspecified atom stereocenters. The molecule has 6 heteroatoms. The van der Waals surface area contributed by atoms with Crippen LogP contribution in [0, 0.1) is 11.3 Å².